The molecule has 0 heterocycles. The van der Waals surface area contributed by atoms with Crippen LogP contribution in [0.25, 0.3) is 0 Å². The van der Waals surface area contributed by atoms with Gasteiger partial charge in [0.05, 0.1) is 0 Å². The van der Waals surface area contributed by atoms with Crippen molar-refractivity contribution in [2.45, 2.75) is 40.0 Å². The van der Waals surface area contributed by atoms with Crippen molar-refractivity contribution in [2.75, 3.05) is 0 Å². The molecule has 0 aromatic heterocycles. The Kier molecular flexibility index (Phi) is 3.45. The van der Waals surface area contributed by atoms with Gasteiger partial charge in [-0.3, -0.25) is 4.79 Å². The number of rotatable bonds is 3. The summed E-state index contributed by atoms with van der Waals surface area (Å²) in [4.78, 5) is 11.0. The lowest BCUT2D eigenvalue weighted by Gasteiger charge is -2.12. The second-order valence-corrected chi connectivity index (χ2v) is 4.16. The smallest absolute Gasteiger partial charge is 0.134 e. The Hall–Kier alpha value is -1.11. The van der Waals surface area contributed by atoms with Crippen molar-refractivity contribution in [3.8, 4) is 0 Å². The van der Waals surface area contributed by atoms with Crippen molar-refractivity contribution in [3.63, 3.8) is 0 Å². The van der Waals surface area contributed by atoms with Crippen LogP contribution in [0.4, 0.5) is 0 Å². The van der Waals surface area contributed by atoms with Crippen LogP contribution in [-0.4, -0.2) is 5.78 Å². The van der Waals surface area contributed by atoms with E-state index < -0.39 is 0 Å². The summed E-state index contributed by atoms with van der Waals surface area (Å²) in [7, 11) is 0. The summed E-state index contributed by atoms with van der Waals surface area (Å²) >= 11 is 0. The molecule has 0 bridgehead atoms. The zero-order chi connectivity index (χ0) is 10.7. The van der Waals surface area contributed by atoms with E-state index in [1.54, 1.807) is 6.92 Å². The Bertz CT molecular complexity index is 337. The van der Waals surface area contributed by atoms with Crippen molar-refractivity contribution in [1.29, 1.82) is 0 Å². The Morgan fingerprint density at radius 1 is 1.36 bits per heavy atom. The van der Waals surface area contributed by atoms with Crippen molar-refractivity contribution in [3.05, 3.63) is 34.9 Å². The maximum absolute atomic E-state index is 11.0. The fourth-order valence-corrected chi connectivity index (χ4v) is 1.79. The van der Waals surface area contributed by atoms with Crippen LogP contribution < -0.4 is 0 Å². The Labute approximate surface area is 86.1 Å². The first-order valence-electron chi connectivity index (χ1n) is 5.10. The molecule has 0 N–H and O–H groups in total. The topological polar surface area (TPSA) is 17.1 Å². The Morgan fingerprint density at radius 3 is 2.50 bits per heavy atom. The highest BCUT2D eigenvalue weighted by Gasteiger charge is 2.07. The van der Waals surface area contributed by atoms with Gasteiger partial charge in [-0.15, -0.1) is 0 Å². The first-order valence-corrected chi connectivity index (χ1v) is 5.10. The van der Waals surface area contributed by atoms with Crippen LogP contribution in [0.15, 0.2) is 18.2 Å². The number of carbonyl (C=O) groups excluding carboxylic acids is 1. The quantitative estimate of drug-likeness (QED) is 0.715. The zero-order valence-electron chi connectivity index (χ0n) is 9.42. The summed E-state index contributed by atoms with van der Waals surface area (Å²) in [6.07, 6.45) is 0.562. The largest absolute Gasteiger partial charge is 0.300 e. The number of Topliss-reactive ketones (excluding diaryl/α,β-unsaturated/α-hetero) is 1. The van der Waals surface area contributed by atoms with Crippen molar-refractivity contribution < 1.29 is 4.79 Å². The van der Waals surface area contributed by atoms with Gasteiger partial charge in [0.2, 0.25) is 0 Å². The van der Waals surface area contributed by atoms with Gasteiger partial charge in [0.15, 0.2) is 0 Å². The molecule has 1 rings (SSSR count). The molecule has 76 valence electrons. The highest BCUT2D eigenvalue weighted by molar-refractivity contribution is 5.78. The van der Waals surface area contributed by atoms with E-state index in [9.17, 15) is 4.79 Å². The summed E-state index contributed by atoms with van der Waals surface area (Å²) < 4.78 is 0. The minimum Gasteiger partial charge on any atom is -0.300 e. The lowest BCUT2D eigenvalue weighted by Crippen LogP contribution is -2.02. The van der Waals surface area contributed by atoms with Crippen LogP contribution >= 0.6 is 0 Å². The minimum atomic E-state index is 0.231. The van der Waals surface area contributed by atoms with E-state index in [-0.39, 0.29) is 5.78 Å². The molecule has 0 spiro atoms. The first-order chi connectivity index (χ1) is 6.52. The Morgan fingerprint density at radius 2 is 2.00 bits per heavy atom. The van der Waals surface area contributed by atoms with E-state index in [0.717, 1.165) is 0 Å². The van der Waals surface area contributed by atoms with Gasteiger partial charge in [0.25, 0.3) is 0 Å². The molecular weight excluding hydrogens is 172 g/mol. The van der Waals surface area contributed by atoms with Crippen molar-refractivity contribution in [1.82, 2.24) is 0 Å². The summed E-state index contributed by atoms with van der Waals surface area (Å²) in [6, 6.07) is 6.23. The molecule has 0 fully saturated rings. The molecule has 0 saturated heterocycles. The minimum absolute atomic E-state index is 0.231. The summed E-state index contributed by atoms with van der Waals surface area (Å²) in [6.45, 7) is 8.11. The predicted octanol–water partition coefficient (Wildman–Crippen LogP) is 3.25. The molecule has 0 aliphatic rings. The molecule has 1 nitrogen and oxygen atoms in total. The highest BCUT2D eigenvalue weighted by atomic mass is 16.1. The lowest BCUT2D eigenvalue weighted by molar-refractivity contribution is -0.116. The van der Waals surface area contributed by atoms with Gasteiger partial charge < -0.3 is 0 Å². The zero-order valence-corrected chi connectivity index (χ0v) is 9.42. The molecule has 0 saturated carbocycles. The van der Waals surface area contributed by atoms with E-state index in [1.165, 1.54) is 16.7 Å². The normalized spacial score (nSPS) is 10.6. The number of ketones is 1. The standard InChI is InChI=1S/C13H18O/c1-9(2)13-7-5-6-12(11(13)4)8-10(3)14/h5-7,9H,8H2,1-4H3. The van der Waals surface area contributed by atoms with E-state index >= 15 is 0 Å². The average Bonchev–Trinajstić information content (AvgIpc) is 2.07. The molecule has 0 aliphatic carbocycles. The van der Waals surface area contributed by atoms with Gasteiger partial charge in [-0.05, 0) is 36.5 Å². The third-order valence-corrected chi connectivity index (χ3v) is 2.55. The van der Waals surface area contributed by atoms with Crippen LogP contribution in [0, 0.1) is 6.92 Å². The van der Waals surface area contributed by atoms with E-state index in [2.05, 4.69) is 26.8 Å². The maximum atomic E-state index is 11.0. The van der Waals surface area contributed by atoms with Crippen LogP contribution in [0.5, 0.6) is 0 Å². The molecule has 0 unspecified atom stereocenters. The SMILES string of the molecule is CC(=O)Cc1cccc(C(C)C)c1C. The number of hydrogen-bond acceptors (Lipinski definition) is 1. The molecule has 1 heteroatoms. The predicted molar refractivity (Wildman–Crippen MR) is 59.7 cm³/mol. The Balaban J connectivity index is 3.07. The fourth-order valence-electron chi connectivity index (χ4n) is 1.79. The first kappa shape index (κ1) is 11.0. The summed E-state index contributed by atoms with van der Waals surface area (Å²) in [5.74, 6) is 0.760. The molecule has 1 aromatic rings. The summed E-state index contributed by atoms with van der Waals surface area (Å²) in [5.41, 5.74) is 3.80. The number of carbonyl (C=O) groups is 1. The van der Waals surface area contributed by atoms with Gasteiger partial charge in [-0.2, -0.15) is 0 Å². The molecule has 0 atom stereocenters. The molecule has 0 aliphatic heterocycles. The van der Waals surface area contributed by atoms with Crippen LogP contribution in [0.2, 0.25) is 0 Å². The fraction of sp³-hybridized carbons (Fsp3) is 0.462. The van der Waals surface area contributed by atoms with Gasteiger partial charge in [0.1, 0.15) is 5.78 Å². The molecule has 14 heavy (non-hydrogen) atoms. The lowest BCUT2D eigenvalue weighted by atomic mass is 9.92. The molecule has 0 amide bonds. The van der Waals surface area contributed by atoms with Gasteiger partial charge in [-0.25, -0.2) is 0 Å². The average molecular weight is 190 g/mol. The van der Waals surface area contributed by atoms with Crippen LogP contribution in [-0.2, 0) is 11.2 Å². The molecular formula is C13H18O. The molecule has 0 radical (unpaired) electrons. The number of benzene rings is 1. The van der Waals surface area contributed by atoms with E-state index in [1.807, 2.05) is 12.1 Å². The van der Waals surface area contributed by atoms with Gasteiger partial charge in [-0.1, -0.05) is 32.0 Å². The molecule has 1 aromatic carbocycles. The van der Waals surface area contributed by atoms with Gasteiger partial charge in [0, 0.05) is 6.42 Å². The van der Waals surface area contributed by atoms with Crippen LogP contribution in [0.3, 0.4) is 0 Å². The number of hydrogen-bond donors (Lipinski definition) is 0. The van der Waals surface area contributed by atoms with Crippen molar-refractivity contribution in [2.24, 2.45) is 0 Å². The van der Waals surface area contributed by atoms with E-state index in [4.69, 9.17) is 0 Å². The summed E-state index contributed by atoms with van der Waals surface area (Å²) in [5, 5.41) is 0. The van der Waals surface area contributed by atoms with Gasteiger partial charge >= 0.3 is 0 Å². The van der Waals surface area contributed by atoms with Crippen LogP contribution in [0.1, 0.15) is 43.4 Å². The monoisotopic (exact) mass is 190 g/mol. The van der Waals surface area contributed by atoms with E-state index in [0.29, 0.717) is 12.3 Å². The highest BCUT2D eigenvalue weighted by Crippen LogP contribution is 2.22. The maximum Gasteiger partial charge on any atom is 0.134 e. The van der Waals surface area contributed by atoms with Crippen molar-refractivity contribution >= 4 is 5.78 Å². The second kappa shape index (κ2) is 4.41. The third kappa shape index (κ3) is 2.44. The second-order valence-electron chi connectivity index (χ2n) is 4.16. The third-order valence-electron chi connectivity index (χ3n) is 2.55.